The topological polar surface area (TPSA) is 83.8 Å². The van der Waals surface area contributed by atoms with Crippen LogP contribution >= 0.6 is 0 Å². The van der Waals surface area contributed by atoms with Crippen LogP contribution in [-0.4, -0.2) is 48.3 Å². The second kappa shape index (κ2) is 11.9. The van der Waals surface area contributed by atoms with E-state index in [2.05, 4.69) is 13.8 Å². The highest BCUT2D eigenvalue weighted by Crippen LogP contribution is 2.68. The summed E-state index contributed by atoms with van der Waals surface area (Å²) < 4.78 is 58.8. The van der Waals surface area contributed by atoms with E-state index in [9.17, 15) is 27.4 Å². The predicted octanol–water partition coefficient (Wildman–Crippen LogP) is 7.54. The highest BCUT2D eigenvalue weighted by Gasteiger charge is 2.60. The molecule has 1 aromatic carbocycles. The maximum Gasteiger partial charge on any atom is 0.345 e. The van der Waals surface area contributed by atoms with Crippen LogP contribution in [0.15, 0.2) is 35.2 Å². The van der Waals surface area contributed by atoms with E-state index in [0.29, 0.717) is 53.2 Å². The van der Waals surface area contributed by atoms with Gasteiger partial charge in [-0.1, -0.05) is 32.0 Å². The van der Waals surface area contributed by atoms with Crippen molar-refractivity contribution >= 4 is 9.84 Å². The molecule has 6 rings (SSSR count). The lowest BCUT2D eigenvalue weighted by Gasteiger charge is -2.61. The lowest BCUT2D eigenvalue weighted by molar-refractivity contribution is -0.181. The third kappa shape index (κ3) is 5.96. The summed E-state index contributed by atoms with van der Waals surface area (Å²) in [7, 11) is -3.71. The van der Waals surface area contributed by atoms with Crippen molar-refractivity contribution in [2.75, 3.05) is 0 Å². The van der Waals surface area contributed by atoms with Crippen LogP contribution < -0.4 is 0 Å². The molecule has 0 amide bonds. The first-order valence-corrected chi connectivity index (χ1v) is 18.5. The minimum Gasteiger partial charge on any atom is -0.393 e. The average molecular weight is 623 g/mol. The summed E-state index contributed by atoms with van der Waals surface area (Å²) in [5, 5.41) is 21.3. The standard InChI is InChI=1S/C35H52F2O5S/c1-33-16-12-25(38)20-23(33)8-10-29-30-11-9-24(34(30,2)17-15-31(29)33)21-28(43(40,41)27-6-4-3-5-7-27)22-35(39)18-13-26(14-19-35)42-32(36)37/h3-7,23-26,28-32,38-39H,8-22H2,1-2H3/t23?,24-,25?,26?,28?,29?,30?,31?,33?,34?,35?/m1/s1. The Morgan fingerprint density at radius 3 is 2.26 bits per heavy atom. The fraction of sp³-hybridized carbons (Fsp3) is 0.829. The van der Waals surface area contributed by atoms with Crippen LogP contribution in [0.1, 0.15) is 110 Å². The number of fused-ring (bicyclic) bond motifs is 5. The summed E-state index contributed by atoms with van der Waals surface area (Å²) in [6.45, 7) is 2.09. The third-order valence-corrected chi connectivity index (χ3v) is 15.8. The third-order valence-electron chi connectivity index (χ3n) is 13.7. The van der Waals surface area contributed by atoms with Crippen molar-refractivity contribution in [1.29, 1.82) is 0 Å². The first-order valence-electron chi connectivity index (χ1n) is 17.0. The molecule has 1 aromatic rings. The Labute approximate surface area is 257 Å². The zero-order valence-corrected chi connectivity index (χ0v) is 26.8. The van der Waals surface area contributed by atoms with Crippen LogP contribution in [0.2, 0.25) is 0 Å². The largest absolute Gasteiger partial charge is 0.393 e. The van der Waals surface area contributed by atoms with E-state index in [1.807, 2.05) is 6.07 Å². The zero-order valence-electron chi connectivity index (χ0n) is 26.0. The number of aliphatic hydroxyl groups is 2. The van der Waals surface area contributed by atoms with Gasteiger partial charge in [0.25, 0.3) is 0 Å². The van der Waals surface area contributed by atoms with E-state index in [-0.39, 0.29) is 36.7 Å². The van der Waals surface area contributed by atoms with Crippen molar-refractivity contribution in [1.82, 2.24) is 0 Å². The summed E-state index contributed by atoms with van der Waals surface area (Å²) in [4.78, 5) is 0.299. The van der Waals surface area contributed by atoms with Gasteiger partial charge in [-0.05, 0) is 149 Å². The van der Waals surface area contributed by atoms with Gasteiger partial charge < -0.3 is 14.9 Å². The van der Waals surface area contributed by atoms with Crippen molar-refractivity contribution in [2.24, 2.45) is 40.4 Å². The van der Waals surface area contributed by atoms with Crippen LogP contribution in [0.3, 0.4) is 0 Å². The molecule has 0 aliphatic heterocycles. The molecule has 5 aliphatic rings. The summed E-state index contributed by atoms with van der Waals surface area (Å²) in [6.07, 6.45) is 10.9. The van der Waals surface area contributed by atoms with Gasteiger partial charge >= 0.3 is 6.61 Å². The Kier molecular flexibility index (Phi) is 8.84. The molecule has 0 heterocycles. The first-order chi connectivity index (χ1) is 20.3. The Bertz CT molecular complexity index is 1220. The molecule has 9 atom stereocenters. The number of rotatable bonds is 8. The molecule has 8 heteroatoms. The number of halogens is 2. The Morgan fingerprint density at radius 1 is 0.884 bits per heavy atom. The molecule has 5 aliphatic carbocycles. The van der Waals surface area contributed by atoms with E-state index < -0.39 is 33.4 Å². The first kappa shape index (κ1) is 31.9. The van der Waals surface area contributed by atoms with Gasteiger partial charge in [0.1, 0.15) is 0 Å². The summed E-state index contributed by atoms with van der Waals surface area (Å²) in [5.41, 5.74) is -0.825. The van der Waals surface area contributed by atoms with Crippen LogP contribution in [0.25, 0.3) is 0 Å². The van der Waals surface area contributed by atoms with E-state index >= 15 is 0 Å². The summed E-state index contributed by atoms with van der Waals surface area (Å²) in [5.74, 6) is 2.82. The smallest absolute Gasteiger partial charge is 0.345 e. The number of benzene rings is 1. The van der Waals surface area contributed by atoms with Gasteiger partial charge in [-0.2, -0.15) is 8.78 Å². The molecular weight excluding hydrogens is 570 g/mol. The number of alkyl halides is 2. The van der Waals surface area contributed by atoms with Gasteiger partial charge in [-0.3, -0.25) is 0 Å². The van der Waals surface area contributed by atoms with Crippen molar-refractivity contribution in [2.45, 2.75) is 145 Å². The van der Waals surface area contributed by atoms with Crippen molar-refractivity contribution in [3.63, 3.8) is 0 Å². The van der Waals surface area contributed by atoms with Crippen molar-refractivity contribution in [3.05, 3.63) is 30.3 Å². The molecule has 2 N–H and O–H groups in total. The van der Waals surface area contributed by atoms with E-state index in [0.717, 1.165) is 38.5 Å². The average Bonchev–Trinajstić information content (AvgIpc) is 3.30. The van der Waals surface area contributed by atoms with Crippen LogP contribution in [0, 0.1) is 40.4 Å². The Balaban J connectivity index is 1.22. The lowest BCUT2D eigenvalue weighted by Crippen LogP contribution is -2.54. The van der Waals surface area contributed by atoms with Gasteiger partial charge in [0.2, 0.25) is 0 Å². The molecule has 0 saturated heterocycles. The van der Waals surface area contributed by atoms with E-state index in [1.165, 1.54) is 19.3 Å². The summed E-state index contributed by atoms with van der Waals surface area (Å²) >= 11 is 0. The number of sulfone groups is 1. The van der Waals surface area contributed by atoms with Gasteiger partial charge in [-0.25, -0.2) is 8.42 Å². The SMILES string of the molecule is CC12CCC(O)CC1CCC1C2CCC2(C)C1CC[C@@H]2CC(CC1(O)CCC(OC(F)F)CC1)S(=O)(=O)c1ccccc1. The Morgan fingerprint density at radius 2 is 1.56 bits per heavy atom. The number of hydrogen-bond acceptors (Lipinski definition) is 5. The maximum absolute atomic E-state index is 14.2. The van der Waals surface area contributed by atoms with Gasteiger partial charge in [0.05, 0.1) is 28.0 Å². The predicted molar refractivity (Wildman–Crippen MR) is 162 cm³/mol. The molecule has 5 fully saturated rings. The molecule has 0 bridgehead atoms. The quantitative estimate of drug-likeness (QED) is 0.313. The maximum atomic E-state index is 14.2. The normalized spacial score (nSPS) is 43.9. The van der Waals surface area contributed by atoms with Crippen LogP contribution in [0.5, 0.6) is 0 Å². The molecule has 5 saturated carbocycles. The monoisotopic (exact) mass is 622 g/mol. The minimum absolute atomic E-state index is 0.0778. The summed E-state index contributed by atoms with van der Waals surface area (Å²) in [6, 6.07) is 8.63. The molecule has 242 valence electrons. The van der Waals surface area contributed by atoms with Gasteiger partial charge in [0, 0.05) is 0 Å². The molecule has 8 unspecified atom stereocenters. The second-order valence-electron chi connectivity index (χ2n) is 15.6. The second-order valence-corrected chi connectivity index (χ2v) is 17.9. The number of hydrogen-bond donors (Lipinski definition) is 2. The molecular formula is C35H52F2O5S. The highest BCUT2D eigenvalue weighted by atomic mass is 32.2. The van der Waals surface area contributed by atoms with E-state index in [4.69, 9.17) is 4.74 Å². The fourth-order valence-electron chi connectivity index (χ4n) is 11.2. The molecule has 0 spiro atoms. The molecule has 5 nitrogen and oxygen atoms in total. The molecule has 43 heavy (non-hydrogen) atoms. The number of aliphatic hydroxyl groups excluding tert-OH is 1. The van der Waals surface area contributed by atoms with Gasteiger partial charge in [0.15, 0.2) is 9.84 Å². The fourth-order valence-corrected chi connectivity index (χ4v) is 13.1. The zero-order chi connectivity index (χ0) is 30.6. The molecule has 0 radical (unpaired) electrons. The van der Waals surface area contributed by atoms with Gasteiger partial charge in [-0.15, -0.1) is 0 Å². The Hall–Kier alpha value is -1.09. The van der Waals surface area contributed by atoms with Crippen LogP contribution in [0.4, 0.5) is 8.78 Å². The number of ether oxygens (including phenoxy) is 1. The lowest BCUT2D eigenvalue weighted by atomic mass is 9.44. The van der Waals surface area contributed by atoms with E-state index in [1.54, 1.807) is 24.3 Å². The van der Waals surface area contributed by atoms with Crippen LogP contribution in [-0.2, 0) is 14.6 Å². The highest BCUT2D eigenvalue weighted by molar-refractivity contribution is 7.92. The van der Waals surface area contributed by atoms with Crippen molar-refractivity contribution < 1.29 is 32.1 Å². The minimum atomic E-state index is -3.71. The molecule has 0 aromatic heterocycles. The van der Waals surface area contributed by atoms with Crippen molar-refractivity contribution in [3.8, 4) is 0 Å².